The number of carboxylic acid groups (broad SMARTS) is 1. The lowest BCUT2D eigenvalue weighted by molar-refractivity contribution is -0.140. The van der Waals surface area contributed by atoms with Crippen LogP contribution in [-0.4, -0.2) is 26.0 Å². The van der Waals surface area contributed by atoms with Crippen LogP contribution in [0, 0.1) is 13.8 Å². The Hall–Kier alpha value is -2.96. The van der Waals surface area contributed by atoms with E-state index in [1.807, 2.05) is 31.2 Å². The normalized spacial score (nSPS) is 12.5. The summed E-state index contributed by atoms with van der Waals surface area (Å²) in [7, 11) is 0. The quantitative estimate of drug-likeness (QED) is 0.796. The van der Waals surface area contributed by atoms with Crippen LogP contribution in [0.5, 0.6) is 0 Å². The maximum Gasteiger partial charge on any atom is 0.328 e. The molecule has 0 saturated carbocycles. The molecule has 0 bridgehead atoms. The van der Waals surface area contributed by atoms with Crippen LogP contribution in [0.4, 0.5) is 0 Å². The SMILES string of the molecule is Cc1ccc(-c2onc3c(=O)n(C(C)C(=O)O)nc(C)c23)cc1. The Bertz CT molecular complexity index is 954. The Labute approximate surface area is 131 Å². The number of hydrogen-bond acceptors (Lipinski definition) is 5. The summed E-state index contributed by atoms with van der Waals surface area (Å²) in [6.45, 7) is 5.06. The molecule has 0 spiro atoms. The molecule has 2 heterocycles. The molecule has 0 aliphatic carbocycles. The van der Waals surface area contributed by atoms with Crippen molar-refractivity contribution in [2.24, 2.45) is 0 Å². The topological polar surface area (TPSA) is 98.2 Å². The number of hydrogen-bond donors (Lipinski definition) is 1. The fraction of sp³-hybridized carbons (Fsp3) is 0.250. The van der Waals surface area contributed by atoms with Crippen LogP contribution in [0.2, 0.25) is 0 Å². The first-order chi connectivity index (χ1) is 10.9. The molecule has 23 heavy (non-hydrogen) atoms. The number of aromatic nitrogens is 3. The minimum absolute atomic E-state index is 0.0844. The molecule has 0 saturated heterocycles. The third kappa shape index (κ3) is 2.40. The van der Waals surface area contributed by atoms with Crippen LogP contribution in [0.25, 0.3) is 22.2 Å². The number of aliphatic carboxylic acids is 1. The zero-order chi connectivity index (χ0) is 16.7. The van der Waals surface area contributed by atoms with Crippen molar-refractivity contribution >= 4 is 16.9 Å². The van der Waals surface area contributed by atoms with Crippen molar-refractivity contribution in [2.45, 2.75) is 26.8 Å². The molecule has 3 rings (SSSR count). The second-order valence-corrected chi connectivity index (χ2v) is 5.45. The number of fused-ring (bicyclic) bond motifs is 1. The summed E-state index contributed by atoms with van der Waals surface area (Å²) in [4.78, 5) is 23.6. The van der Waals surface area contributed by atoms with E-state index in [9.17, 15) is 9.59 Å². The van der Waals surface area contributed by atoms with Gasteiger partial charge in [0.15, 0.2) is 17.3 Å². The molecule has 0 radical (unpaired) electrons. The van der Waals surface area contributed by atoms with Crippen LogP contribution < -0.4 is 5.56 Å². The average Bonchev–Trinajstić information content (AvgIpc) is 2.96. The van der Waals surface area contributed by atoms with Crippen LogP contribution in [-0.2, 0) is 4.79 Å². The van der Waals surface area contributed by atoms with Gasteiger partial charge in [0.05, 0.1) is 11.1 Å². The van der Waals surface area contributed by atoms with Crippen LogP contribution in [0.3, 0.4) is 0 Å². The first-order valence-electron chi connectivity index (χ1n) is 7.08. The van der Waals surface area contributed by atoms with Gasteiger partial charge in [-0.05, 0) is 20.8 Å². The van der Waals surface area contributed by atoms with Gasteiger partial charge in [-0.15, -0.1) is 0 Å². The van der Waals surface area contributed by atoms with Gasteiger partial charge in [-0.3, -0.25) is 4.79 Å². The number of rotatable bonds is 3. The van der Waals surface area contributed by atoms with E-state index in [0.717, 1.165) is 15.8 Å². The number of carboxylic acids is 1. The van der Waals surface area contributed by atoms with E-state index < -0.39 is 17.6 Å². The molecule has 1 N–H and O–H groups in total. The highest BCUT2D eigenvalue weighted by Crippen LogP contribution is 2.29. The van der Waals surface area contributed by atoms with Gasteiger partial charge >= 0.3 is 5.97 Å². The molecule has 2 aromatic heterocycles. The van der Waals surface area contributed by atoms with Crippen LogP contribution >= 0.6 is 0 Å². The minimum Gasteiger partial charge on any atom is -0.480 e. The van der Waals surface area contributed by atoms with E-state index in [0.29, 0.717) is 16.8 Å². The fourth-order valence-corrected chi connectivity index (χ4v) is 2.41. The molecule has 0 aliphatic heterocycles. The Morgan fingerprint density at radius 1 is 1.26 bits per heavy atom. The van der Waals surface area contributed by atoms with Gasteiger partial charge in [-0.1, -0.05) is 35.0 Å². The first-order valence-corrected chi connectivity index (χ1v) is 7.08. The molecule has 0 amide bonds. The van der Waals surface area contributed by atoms with E-state index in [1.54, 1.807) is 6.92 Å². The molecule has 0 aliphatic rings. The van der Waals surface area contributed by atoms with E-state index in [1.165, 1.54) is 6.92 Å². The zero-order valence-electron chi connectivity index (χ0n) is 12.9. The summed E-state index contributed by atoms with van der Waals surface area (Å²) >= 11 is 0. The van der Waals surface area contributed by atoms with Crippen LogP contribution in [0.1, 0.15) is 24.2 Å². The lowest BCUT2D eigenvalue weighted by atomic mass is 10.1. The fourth-order valence-electron chi connectivity index (χ4n) is 2.41. The minimum atomic E-state index is -1.14. The third-order valence-corrected chi connectivity index (χ3v) is 3.76. The highest BCUT2D eigenvalue weighted by molar-refractivity contribution is 5.92. The number of nitrogens with zero attached hydrogens (tertiary/aromatic N) is 3. The summed E-state index contributed by atoms with van der Waals surface area (Å²) in [6.07, 6.45) is 0. The second kappa shape index (κ2) is 5.35. The standard InChI is InChI=1S/C16H15N3O4/c1-8-4-6-11(7-5-8)14-12-9(2)17-19(10(3)16(21)22)15(20)13(12)18-23-14/h4-7,10H,1-3H3,(H,21,22). The molecule has 0 fully saturated rings. The molecule has 3 aromatic rings. The third-order valence-electron chi connectivity index (χ3n) is 3.76. The van der Waals surface area contributed by atoms with Crippen molar-refractivity contribution < 1.29 is 14.4 Å². The van der Waals surface area contributed by atoms with Gasteiger partial charge in [-0.2, -0.15) is 5.10 Å². The van der Waals surface area contributed by atoms with Gasteiger partial charge < -0.3 is 9.63 Å². The van der Waals surface area contributed by atoms with Crippen LogP contribution in [0.15, 0.2) is 33.6 Å². The molecule has 7 heteroatoms. The maximum atomic E-state index is 12.4. The van der Waals surface area contributed by atoms with Gasteiger partial charge in [0.2, 0.25) is 0 Å². The van der Waals surface area contributed by atoms with Gasteiger partial charge in [0.25, 0.3) is 5.56 Å². The van der Waals surface area contributed by atoms with Crippen molar-refractivity contribution in [1.29, 1.82) is 0 Å². The van der Waals surface area contributed by atoms with Crippen molar-refractivity contribution in [2.75, 3.05) is 0 Å². The lowest BCUT2D eigenvalue weighted by Crippen LogP contribution is -2.31. The Balaban J connectivity index is 2.26. The van der Waals surface area contributed by atoms with E-state index in [2.05, 4.69) is 10.3 Å². The maximum absolute atomic E-state index is 12.4. The highest BCUT2D eigenvalue weighted by Gasteiger charge is 2.23. The lowest BCUT2D eigenvalue weighted by Gasteiger charge is -2.10. The zero-order valence-corrected chi connectivity index (χ0v) is 12.9. The molecular formula is C16H15N3O4. The Morgan fingerprint density at radius 2 is 1.91 bits per heavy atom. The van der Waals surface area contributed by atoms with E-state index in [4.69, 9.17) is 9.63 Å². The van der Waals surface area contributed by atoms with Gasteiger partial charge in [-0.25, -0.2) is 9.48 Å². The number of aryl methyl sites for hydroxylation is 2. The first kappa shape index (κ1) is 15.0. The molecular weight excluding hydrogens is 298 g/mol. The summed E-state index contributed by atoms with van der Waals surface area (Å²) < 4.78 is 6.27. The van der Waals surface area contributed by atoms with Crippen molar-refractivity contribution in [3.05, 3.63) is 45.9 Å². The monoisotopic (exact) mass is 313 g/mol. The van der Waals surface area contributed by atoms with Gasteiger partial charge in [0, 0.05) is 5.56 Å². The predicted octanol–water partition coefficient (Wildman–Crippen LogP) is 2.31. The van der Waals surface area contributed by atoms with E-state index >= 15 is 0 Å². The molecule has 1 atom stereocenters. The summed E-state index contributed by atoms with van der Waals surface area (Å²) in [5, 5.41) is 17.6. The average molecular weight is 313 g/mol. The number of benzene rings is 1. The van der Waals surface area contributed by atoms with Crippen molar-refractivity contribution in [3.8, 4) is 11.3 Å². The van der Waals surface area contributed by atoms with E-state index in [-0.39, 0.29) is 5.52 Å². The Kier molecular flexibility index (Phi) is 3.48. The van der Waals surface area contributed by atoms with Gasteiger partial charge in [0.1, 0.15) is 0 Å². The predicted molar refractivity (Wildman–Crippen MR) is 83.3 cm³/mol. The van der Waals surface area contributed by atoms with Crippen molar-refractivity contribution in [1.82, 2.24) is 14.9 Å². The summed E-state index contributed by atoms with van der Waals surface area (Å²) in [6, 6.07) is 6.53. The molecule has 1 aromatic carbocycles. The summed E-state index contributed by atoms with van der Waals surface area (Å²) in [5.74, 6) is -0.683. The Morgan fingerprint density at radius 3 is 2.52 bits per heavy atom. The second-order valence-electron chi connectivity index (χ2n) is 5.45. The molecule has 7 nitrogen and oxygen atoms in total. The summed E-state index contributed by atoms with van der Waals surface area (Å²) in [5.41, 5.74) is 1.88. The molecule has 118 valence electrons. The smallest absolute Gasteiger partial charge is 0.328 e. The molecule has 1 unspecified atom stereocenters. The largest absolute Gasteiger partial charge is 0.480 e. The van der Waals surface area contributed by atoms with Crippen molar-refractivity contribution in [3.63, 3.8) is 0 Å². The highest BCUT2D eigenvalue weighted by atomic mass is 16.5. The number of carbonyl (C=O) groups is 1.